The molecule has 2 aliphatic rings. The molecule has 0 saturated carbocycles. The monoisotopic (exact) mass is 306 g/mol. The molecule has 0 aliphatic carbocycles. The van der Waals surface area contributed by atoms with Crippen molar-refractivity contribution in [2.45, 2.75) is 32.3 Å². The van der Waals surface area contributed by atoms with E-state index in [1.165, 1.54) is 8.61 Å². The summed E-state index contributed by atoms with van der Waals surface area (Å²) in [6, 6.07) is 0. The number of hydrogen-bond acceptors (Lipinski definition) is 4. The van der Waals surface area contributed by atoms with E-state index in [0.29, 0.717) is 25.6 Å². The molecule has 0 aromatic heterocycles. The van der Waals surface area contributed by atoms with Gasteiger partial charge in [0.2, 0.25) is 0 Å². The van der Waals surface area contributed by atoms with Gasteiger partial charge in [-0.15, -0.1) is 0 Å². The molecule has 2 heterocycles. The fraction of sp³-hybridized carbons (Fsp3) is 0.917. The lowest BCUT2D eigenvalue weighted by Gasteiger charge is -2.37. The number of aliphatic carboxylic acids is 1. The number of hydrogen-bond donors (Lipinski definition) is 1. The number of nitrogens with zero attached hydrogens (tertiary/aromatic N) is 2. The van der Waals surface area contributed by atoms with E-state index in [-0.39, 0.29) is 19.6 Å². The van der Waals surface area contributed by atoms with Gasteiger partial charge < -0.3 is 9.84 Å². The van der Waals surface area contributed by atoms with Crippen LogP contribution in [0, 0.1) is 5.92 Å². The van der Waals surface area contributed by atoms with Crippen molar-refractivity contribution < 1.29 is 23.1 Å². The highest BCUT2D eigenvalue weighted by molar-refractivity contribution is 7.86. The number of carboxylic acids is 1. The molecule has 0 aromatic rings. The van der Waals surface area contributed by atoms with Crippen LogP contribution in [0.15, 0.2) is 0 Å². The Morgan fingerprint density at radius 2 is 1.90 bits per heavy atom. The van der Waals surface area contributed by atoms with Gasteiger partial charge in [0.05, 0.1) is 19.1 Å². The highest BCUT2D eigenvalue weighted by Gasteiger charge is 2.35. The summed E-state index contributed by atoms with van der Waals surface area (Å²) in [5.74, 6) is -0.410. The lowest BCUT2D eigenvalue weighted by atomic mass is 10.0. The van der Waals surface area contributed by atoms with Gasteiger partial charge in [-0.25, -0.2) is 0 Å². The molecule has 116 valence electrons. The maximum atomic E-state index is 12.5. The number of carboxylic acid groups (broad SMARTS) is 1. The maximum absolute atomic E-state index is 12.5. The third kappa shape index (κ3) is 3.69. The largest absolute Gasteiger partial charge is 0.481 e. The van der Waals surface area contributed by atoms with Gasteiger partial charge in [-0.3, -0.25) is 4.79 Å². The summed E-state index contributed by atoms with van der Waals surface area (Å²) in [6.07, 6.45) is 1.03. The van der Waals surface area contributed by atoms with Crippen LogP contribution >= 0.6 is 0 Å². The van der Waals surface area contributed by atoms with Crippen LogP contribution in [0.4, 0.5) is 0 Å². The van der Waals surface area contributed by atoms with Gasteiger partial charge in [0.25, 0.3) is 10.2 Å². The van der Waals surface area contributed by atoms with Crippen molar-refractivity contribution in [3.8, 4) is 0 Å². The average molecular weight is 306 g/mol. The number of piperidine rings is 1. The van der Waals surface area contributed by atoms with Gasteiger partial charge in [-0.05, 0) is 18.8 Å². The summed E-state index contributed by atoms with van der Waals surface area (Å²) in [7, 11) is -3.48. The summed E-state index contributed by atoms with van der Waals surface area (Å²) in [5.41, 5.74) is 0. The minimum Gasteiger partial charge on any atom is -0.481 e. The number of morpholine rings is 1. The van der Waals surface area contributed by atoms with Crippen molar-refractivity contribution in [2.24, 2.45) is 5.92 Å². The SMILES string of the molecule is CC1CCN(S(=O)(=O)N2CCOC(CC(=O)O)C2)CC1. The van der Waals surface area contributed by atoms with Gasteiger partial charge in [-0.1, -0.05) is 6.92 Å². The maximum Gasteiger partial charge on any atom is 0.306 e. The molecule has 20 heavy (non-hydrogen) atoms. The first-order chi connectivity index (χ1) is 9.39. The summed E-state index contributed by atoms with van der Waals surface area (Å²) in [6.45, 7) is 3.89. The highest BCUT2D eigenvalue weighted by Crippen LogP contribution is 2.22. The van der Waals surface area contributed by atoms with Gasteiger partial charge >= 0.3 is 5.97 Å². The fourth-order valence-corrected chi connectivity index (χ4v) is 4.26. The minimum atomic E-state index is -3.48. The minimum absolute atomic E-state index is 0.126. The Bertz CT molecular complexity index is 445. The average Bonchev–Trinajstić information content (AvgIpc) is 2.39. The smallest absolute Gasteiger partial charge is 0.306 e. The summed E-state index contributed by atoms with van der Waals surface area (Å²) in [5, 5.41) is 8.77. The number of rotatable bonds is 4. The van der Waals surface area contributed by atoms with Crippen molar-refractivity contribution in [1.29, 1.82) is 0 Å². The Morgan fingerprint density at radius 1 is 1.25 bits per heavy atom. The van der Waals surface area contributed by atoms with Crippen LogP contribution < -0.4 is 0 Å². The van der Waals surface area contributed by atoms with Gasteiger partial charge in [0.1, 0.15) is 0 Å². The van der Waals surface area contributed by atoms with E-state index in [0.717, 1.165) is 12.8 Å². The molecular weight excluding hydrogens is 284 g/mol. The topological polar surface area (TPSA) is 87.2 Å². The molecule has 1 unspecified atom stereocenters. The van der Waals surface area contributed by atoms with E-state index in [9.17, 15) is 13.2 Å². The van der Waals surface area contributed by atoms with E-state index < -0.39 is 22.3 Å². The third-order valence-electron chi connectivity index (χ3n) is 3.90. The second-order valence-electron chi connectivity index (χ2n) is 5.54. The molecule has 2 rings (SSSR count). The van der Waals surface area contributed by atoms with Crippen LogP contribution in [0.2, 0.25) is 0 Å². The molecule has 1 atom stereocenters. The molecule has 2 saturated heterocycles. The zero-order chi connectivity index (χ0) is 14.8. The van der Waals surface area contributed by atoms with Crippen LogP contribution in [0.5, 0.6) is 0 Å². The Morgan fingerprint density at radius 3 is 2.50 bits per heavy atom. The molecule has 7 nitrogen and oxygen atoms in total. The molecule has 8 heteroatoms. The Kier molecular flexibility index (Phi) is 5.00. The first kappa shape index (κ1) is 15.7. The second kappa shape index (κ2) is 6.38. The van der Waals surface area contributed by atoms with Gasteiger partial charge in [0, 0.05) is 26.2 Å². The van der Waals surface area contributed by atoms with E-state index in [1.54, 1.807) is 0 Å². The van der Waals surface area contributed by atoms with Crippen molar-refractivity contribution in [1.82, 2.24) is 8.61 Å². The normalized spacial score (nSPS) is 27.6. The predicted octanol–water partition coefficient (Wildman–Crippen LogP) is 0.139. The standard InChI is InChI=1S/C12H22N2O5S/c1-10-2-4-13(5-3-10)20(17,18)14-6-7-19-11(9-14)8-12(15)16/h10-11H,2-9H2,1H3,(H,15,16). The van der Waals surface area contributed by atoms with E-state index in [4.69, 9.17) is 9.84 Å². The van der Waals surface area contributed by atoms with E-state index >= 15 is 0 Å². The van der Waals surface area contributed by atoms with Crippen molar-refractivity contribution in [3.63, 3.8) is 0 Å². The van der Waals surface area contributed by atoms with Crippen LogP contribution in [0.3, 0.4) is 0 Å². The van der Waals surface area contributed by atoms with Gasteiger partial charge in [0.15, 0.2) is 0 Å². The van der Waals surface area contributed by atoms with E-state index in [1.807, 2.05) is 0 Å². The number of carbonyl (C=O) groups is 1. The molecule has 0 spiro atoms. The quantitative estimate of drug-likeness (QED) is 0.798. The molecule has 0 amide bonds. The Balaban J connectivity index is 1.99. The molecule has 2 aliphatic heterocycles. The summed E-state index contributed by atoms with van der Waals surface area (Å²) < 4.78 is 33.2. The van der Waals surface area contributed by atoms with Crippen LogP contribution in [-0.2, 0) is 19.7 Å². The van der Waals surface area contributed by atoms with Crippen molar-refractivity contribution in [2.75, 3.05) is 32.8 Å². The molecule has 1 N–H and O–H groups in total. The summed E-state index contributed by atoms with van der Waals surface area (Å²) >= 11 is 0. The van der Waals surface area contributed by atoms with Crippen molar-refractivity contribution in [3.05, 3.63) is 0 Å². The first-order valence-corrected chi connectivity index (χ1v) is 8.38. The lowest BCUT2D eigenvalue weighted by Crippen LogP contribution is -2.53. The van der Waals surface area contributed by atoms with E-state index in [2.05, 4.69) is 6.92 Å². The predicted molar refractivity (Wildman–Crippen MR) is 72.5 cm³/mol. The van der Waals surface area contributed by atoms with Crippen LogP contribution in [0.1, 0.15) is 26.2 Å². The fourth-order valence-electron chi connectivity index (χ4n) is 2.60. The second-order valence-corrected chi connectivity index (χ2v) is 7.47. The zero-order valence-corrected chi connectivity index (χ0v) is 12.5. The summed E-state index contributed by atoms with van der Waals surface area (Å²) in [4.78, 5) is 10.7. The first-order valence-electron chi connectivity index (χ1n) is 6.98. The molecule has 2 fully saturated rings. The third-order valence-corrected chi connectivity index (χ3v) is 5.90. The lowest BCUT2D eigenvalue weighted by molar-refractivity contribution is -0.141. The zero-order valence-electron chi connectivity index (χ0n) is 11.7. The Hall–Kier alpha value is -0.700. The van der Waals surface area contributed by atoms with Crippen LogP contribution in [0.25, 0.3) is 0 Å². The molecule has 0 aromatic carbocycles. The number of ether oxygens (including phenoxy) is 1. The highest BCUT2D eigenvalue weighted by atomic mass is 32.2. The van der Waals surface area contributed by atoms with Crippen LogP contribution in [-0.4, -0.2) is 67.0 Å². The van der Waals surface area contributed by atoms with Crippen molar-refractivity contribution >= 4 is 16.2 Å². The Labute approximate surface area is 119 Å². The molecular formula is C12H22N2O5S. The van der Waals surface area contributed by atoms with Gasteiger partial charge in [-0.2, -0.15) is 17.0 Å². The molecule has 0 radical (unpaired) electrons. The molecule has 0 bridgehead atoms.